The van der Waals surface area contributed by atoms with Gasteiger partial charge in [-0.2, -0.15) is 0 Å². The molecule has 0 fully saturated rings. The van der Waals surface area contributed by atoms with E-state index >= 15 is 0 Å². The molecule has 0 bridgehead atoms. The van der Waals surface area contributed by atoms with Gasteiger partial charge in [-0.15, -0.1) is 0 Å². The third-order valence-electron chi connectivity index (χ3n) is 1.99. The van der Waals surface area contributed by atoms with Crippen molar-refractivity contribution in [2.75, 3.05) is 27.7 Å². The second-order valence-corrected chi connectivity index (χ2v) is 5.08. The average Bonchev–Trinajstić information content (AvgIpc) is 2.10. The van der Waals surface area contributed by atoms with E-state index in [4.69, 9.17) is 14.9 Å². The minimum absolute atomic E-state index is 0.247. The highest BCUT2D eigenvalue weighted by Gasteiger charge is 2.24. The molecule has 0 radical (unpaired) electrons. The zero-order chi connectivity index (χ0) is 14.3. The van der Waals surface area contributed by atoms with Crippen molar-refractivity contribution in [3.8, 4) is 0 Å². The Hall–Kier alpha value is -1.63. The lowest BCUT2D eigenvalue weighted by Crippen LogP contribution is -2.43. The Kier molecular flexibility index (Phi) is 6.32. The highest BCUT2D eigenvalue weighted by Crippen LogP contribution is 2.07. The molecule has 0 aromatic carbocycles. The number of carboxylic acid groups (broad SMARTS) is 2. The molecule has 0 spiro atoms. The fourth-order valence-electron chi connectivity index (χ4n) is 1.40. The zero-order valence-electron chi connectivity index (χ0n) is 10.9. The van der Waals surface area contributed by atoms with Crippen LogP contribution in [0.4, 0.5) is 0 Å². The monoisotopic (exact) mass is 265 g/mol. The van der Waals surface area contributed by atoms with E-state index in [2.05, 4.69) is 0 Å². The van der Waals surface area contributed by atoms with Gasteiger partial charge in [0.15, 0.2) is 6.10 Å². The molecule has 7 nitrogen and oxygen atoms in total. The number of hydrogen-bond donors (Lipinski definition) is 2. The van der Waals surface area contributed by atoms with Crippen LogP contribution in [0.2, 0.25) is 0 Å². The van der Waals surface area contributed by atoms with Crippen LogP contribution in [-0.4, -0.2) is 66.4 Å². The summed E-state index contributed by atoms with van der Waals surface area (Å²) in [5.74, 6) is -2.83. The van der Waals surface area contributed by atoms with E-state index in [1.807, 2.05) is 21.1 Å². The average molecular weight is 265 g/mol. The summed E-state index contributed by atoms with van der Waals surface area (Å²) in [5.41, 5.74) is 0. The van der Waals surface area contributed by atoms with Gasteiger partial charge in [0.25, 0.3) is 0 Å². The maximum absolute atomic E-state index is 11.3. The van der Waals surface area contributed by atoms with Gasteiger partial charge in [0.2, 0.25) is 0 Å². The van der Waals surface area contributed by atoms with Crippen molar-refractivity contribution < 1.29 is 33.8 Å². The molecule has 0 heterocycles. The number of quaternary nitrogens is 1. The molecule has 2 N–H and O–H groups in total. The van der Waals surface area contributed by atoms with Crippen molar-refractivity contribution in [2.24, 2.45) is 0 Å². The van der Waals surface area contributed by atoms with Crippen molar-refractivity contribution >= 4 is 17.9 Å². The first kappa shape index (κ1) is 16.4. The number of ether oxygens (including phenoxy) is 1. The van der Waals surface area contributed by atoms with E-state index in [0.717, 1.165) is 0 Å². The number of carboxylic acids is 2. The Morgan fingerprint density at radius 1 is 1.06 bits per heavy atom. The summed E-state index contributed by atoms with van der Waals surface area (Å²) in [6.07, 6.45) is -1.59. The Morgan fingerprint density at radius 2 is 1.61 bits per heavy atom. The topological polar surface area (TPSA) is 101 Å². The van der Waals surface area contributed by atoms with Crippen molar-refractivity contribution in [1.29, 1.82) is 0 Å². The summed E-state index contributed by atoms with van der Waals surface area (Å²) < 4.78 is 5.44. The summed E-state index contributed by atoms with van der Waals surface area (Å²) in [6.45, 7) is 0.352. The molecule has 0 aromatic heterocycles. The van der Waals surface area contributed by atoms with Crippen LogP contribution < -0.4 is 0 Å². The van der Waals surface area contributed by atoms with Crippen molar-refractivity contribution in [3.63, 3.8) is 0 Å². The predicted molar refractivity (Wildman–Crippen MR) is 61.9 cm³/mol. The van der Waals surface area contributed by atoms with E-state index in [1.54, 1.807) is 0 Å². The number of carbonyl (C=O) groups excluding carboxylic acids is 1. The van der Waals surface area contributed by atoms with Gasteiger partial charge in [-0.3, -0.25) is 14.4 Å². The molecule has 0 unspecified atom stereocenters. The van der Waals surface area contributed by atoms with Gasteiger partial charge < -0.3 is 19.4 Å². The van der Waals surface area contributed by atoms with Crippen LogP contribution in [0.25, 0.3) is 0 Å². The molecule has 0 rings (SSSR count). The van der Waals surface area contributed by atoms with Crippen LogP contribution >= 0.6 is 0 Å². The molecule has 7 heteroatoms. The van der Waals surface area contributed by atoms with Gasteiger partial charge in [0.1, 0.15) is 6.54 Å². The Labute approximate surface area is 106 Å². The Morgan fingerprint density at radius 3 is 2.00 bits per heavy atom. The number of likely N-dealkylation sites (N-methyl/N-ethyl adjacent to an activating group) is 1. The summed E-state index contributed by atoms with van der Waals surface area (Å²) in [7, 11) is 5.54. The maximum atomic E-state index is 11.3. The standard InChI is InChI=1S/C11H19NO6/c1-12(2,3)7-8(6-10(15)16)18-11(17)5-4-9(13)14/h8H,4-7H2,1-3H3,(H-,13,14,15,16)/p+1/t8-/m1/s1/i1+1,2+1,3+1. The number of carbonyl (C=O) groups is 3. The fourth-order valence-corrected chi connectivity index (χ4v) is 1.40. The first-order chi connectivity index (χ1) is 8.10. The van der Waals surface area contributed by atoms with Gasteiger partial charge in [-0.05, 0) is 0 Å². The molecule has 0 aliphatic rings. The van der Waals surface area contributed by atoms with E-state index in [-0.39, 0.29) is 19.3 Å². The molecule has 0 saturated heterocycles. The van der Waals surface area contributed by atoms with E-state index in [1.165, 1.54) is 0 Å². The third kappa shape index (κ3) is 9.59. The van der Waals surface area contributed by atoms with E-state index < -0.39 is 24.0 Å². The first-order valence-electron chi connectivity index (χ1n) is 5.53. The number of rotatable bonds is 8. The molecule has 18 heavy (non-hydrogen) atoms. The van der Waals surface area contributed by atoms with Crippen LogP contribution in [0, 0.1) is 0 Å². The SMILES string of the molecule is [13CH3][N+]([13CH3])([13CH3])C[C@@H](CC(=O)O)OC(=O)CCC(=O)O. The van der Waals surface area contributed by atoms with Crippen LogP contribution in [0.3, 0.4) is 0 Å². The van der Waals surface area contributed by atoms with Crippen LogP contribution in [0.15, 0.2) is 0 Å². The lowest BCUT2D eigenvalue weighted by atomic mass is 10.2. The minimum atomic E-state index is -1.09. The molecule has 0 aromatic rings. The van der Waals surface area contributed by atoms with Crippen molar-refractivity contribution in [2.45, 2.75) is 25.4 Å². The quantitative estimate of drug-likeness (QED) is 0.362. The lowest BCUT2D eigenvalue weighted by molar-refractivity contribution is -0.873. The second-order valence-electron chi connectivity index (χ2n) is 5.08. The smallest absolute Gasteiger partial charge is 0.307 e. The van der Waals surface area contributed by atoms with Crippen molar-refractivity contribution in [3.05, 3.63) is 0 Å². The van der Waals surface area contributed by atoms with Gasteiger partial charge >= 0.3 is 17.9 Å². The van der Waals surface area contributed by atoms with E-state index in [0.29, 0.717) is 11.0 Å². The fraction of sp³-hybridized carbons (Fsp3) is 0.727. The summed E-state index contributed by atoms with van der Waals surface area (Å²) in [5, 5.41) is 17.1. The van der Waals surface area contributed by atoms with Crippen LogP contribution in [0.1, 0.15) is 19.3 Å². The summed E-state index contributed by atoms with van der Waals surface area (Å²) in [6, 6.07) is 0. The van der Waals surface area contributed by atoms with Gasteiger partial charge in [-0.1, -0.05) is 0 Å². The van der Waals surface area contributed by atoms with Gasteiger partial charge in [0, 0.05) is 0 Å². The summed E-state index contributed by atoms with van der Waals surface area (Å²) in [4.78, 5) is 32.3. The normalized spacial score (nSPS) is 12.8. The molecule has 1 atom stereocenters. The summed E-state index contributed by atoms with van der Waals surface area (Å²) >= 11 is 0. The number of esters is 1. The largest absolute Gasteiger partial charge is 0.481 e. The molecule has 104 valence electrons. The van der Waals surface area contributed by atoms with Crippen LogP contribution in [-0.2, 0) is 19.1 Å². The minimum Gasteiger partial charge on any atom is -0.481 e. The molecule has 0 amide bonds. The van der Waals surface area contributed by atoms with Crippen LogP contribution in [0.5, 0.6) is 0 Å². The molecular formula is C11H20NO6+. The highest BCUT2D eigenvalue weighted by atomic mass is 16.5. The Balaban J connectivity index is 4.35. The zero-order valence-corrected chi connectivity index (χ0v) is 10.9. The number of nitrogens with zero attached hydrogens (tertiary/aromatic N) is 1. The third-order valence-corrected chi connectivity index (χ3v) is 1.99. The molecule has 0 aliphatic heterocycles. The highest BCUT2D eigenvalue weighted by molar-refractivity contribution is 5.77. The second kappa shape index (κ2) is 6.95. The molecular weight excluding hydrogens is 245 g/mol. The molecule has 0 saturated carbocycles. The van der Waals surface area contributed by atoms with E-state index in [9.17, 15) is 14.4 Å². The predicted octanol–water partition coefficient (Wildman–Crippen LogP) is -0.0561. The Bertz CT molecular complexity index is 320. The maximum Gasteiger partial charge on any atom is 0.307 e. The lowest BCUT2D eigenvalue weighted by Gasteiger charge is -2.28. The first-order valence-corrected chi connectivity index (χ1v) is 5.53. The number of hydrogen-bond acceptors (Lipinski definition) is 4. The van der Waals surface area contributed by atoms with Gasteiger partial charge in [-0.25, -0.2) is 0 Å². The van der Waals surface area contributed by atoms with Gasteiger partial charge in [0.05, 0.1) is 40.4 Å². The molecule has 0 aliphatic carbocycles. The number of aliphatic carboxylic acids is 2. The van der Waals surface area contributed by atoms with Crippen molar-refractivity contribution in [1.82, 2.24) is 0 Å².